The molecule has 0 saturated carbocycles. The third-order valence-electron chi connectivity index (χ3n) is 2.21. The molecule has 0 saturated heterocycles. The van der Waals surface area contributed by atoms with Gasteiger partial charge in [-0.2, -0.15) is 0 Å². The van der Waals surface area contributed by atoms with Gasteiger partial charge in [-0.05, 0) is 27.7 Å². The average Bonchev–Trinajstić information content (AvgIpc) is 2.34. The summed E-state index contributed by atoms with van der Waals surface area (Å²) < 4.78 is 5.07. The van der Waals surface area contributed by atoms with Crippen molar-refractivity contribution in [3.63, 3.8) is 0 Å². The molecule has 0 unspecified atom stereocenters. The molecular weight excluding hydrogens is 353 g/mol. The summed E-state index contributed by atoms with van der Waals surface area (Å²) in [6, 6.07) is -0.405. The molecule has 5 nitrogen and oxygen atoms in total. The van der Waals surface area contributed by atoms with Crippen molar-refractivity contribution in [3.05, 3.63) is 0 Å². The van der Waals surface area contributed by atoms with Crippen LogP contribution < -0.4 is 5.73 Å². The number of hydrogen-bond acceptors (Lipinski definition) is 5. The van der Waals surface area contributed by atoms with Gasteiger partial charge in [0.1, 0.15) is 5.60 Å². The summed E-state index contributed by atoms with van der Waals surface area (Å²) in [7, 11) is 0. The molecule has 0 aromatic heterocycles. The van der Waals surface area contributed by atoms with Gasteiger partial charge in [-0.3, -0.25) is 14.4 Å². The van der Waals surface area contributed by atoms with Crippen LogP contribution in [-0.4, -0.2) is 40.9 Å². The largest absolute Gasteiger partial charge is 0.460 e. The van der Waals surface area contributed by atoms with Crippen molar-refractivity contribution in [2.45, 2.75) is 52.7 Å². The highest BCUT2D eigenvalue weighted by Crippen LogP contribution is 2.12. The number of ketones is 2. The minimum Gasteiger partial charge on any atom is -0.460 e. The maximum Gasteiger partial charge on any atom is 0.307 e. The summed E-state index contributed by atoms with van der Waals surface area (Å²) >= 11 is 10.5. The van der Waals surface area contributed by atoms with Gasteiger partial charge >= 0.3 is 5.97 Å². The van der Waals surface area contributed by atoms with Crippen molar-refractivity contribution in [2.75, 3.05) is 11.8 Å². The van der Waals surface area contributed by atoms with E-state index in [1.165, 1.54) is 0 Å². The highest BCUT2D eigenvalue weighted by molar-refractivity contribution is 6.28. The molecule has 0 radical (unpaired) electrons. The highest BCUT2D eigenvalue weighted by Gasteiger charge is 2.21. The lowest BCUT2D eigenvalue weighted by Crippen LogP contribution is -2.27. The molecule has 0 amide bonds. The Morgan fingerprint density at radius 3 is 1.68 bits per heavy atom. The average molecular weight is 379 g/mol. The molecule has 2 N–H and O–H groups in total. The van der Waals surface area contributed by atoms with Gasteiger partial charge in [0.15, 0.2) is 11.6 Å². The van der Waals surface area contributed by atoms with Gasteiger partial charge in [-0.1, -0.05) is 6.92 Å². The Morgan fingerprint density at radius 1 is 1.05 bits per heavy atom. The van der Waals surface area contributed by atoms with E-state index in [1.54, 1.807) is 34.6 Å². The summed E-state index contributed by atoms with van der Waals surface area (Å²) in [6.45, 7) is 8.66. The quantitative estimate of drug-likeness (QED) is 0.567. The minimum atomic E-state index is -0.499. The molecular formula is C14H26Cl3NO4. The lowest BCUT2D eigenvalue weighted by molar-refractivity contribution is -0.156. The van der Waals surface area contributed by atoms with E-state index in [1.807, 2.05) is 0 Å². The molecule has 0 aromatic rings. The first kappa shape index (κ1) is 26.5. The van der Waals surface area contributed by atoms with E-state index in [2.05, 4.69) is 0 Å². The predicted molar refractivity (Wildman–Crippen MR) is 92.0 cm³/mol. The monoisotopic (exact) mass is 377 g/mol. The molecule has 22 heavy (non-hydrogen) atoms. The lowest BCUT2D eigenvalue weighted by atomic mass is 10.0. The molecule has 0 aliphatic heterocycles. The van der Waals surface area contributed by atoms with Crippen LogP contribution in [0.4, 0.5) is 0 Å². The van der Waals surface area contributed by atoms with E-state index in [9.17, 15) is 14.4 Å². The van der Waals surface area contributed by atoms with Gasteiger partial charge in [0.25, 0.3) is 0 Å². The fraction of sp³-hybridized carbons (Fsp3) is 0.786. The number of halogens is 3. The molecule has 132 valence electrons. The number of Topliss-reactive ketones (excluding diaryl/α,β-unsaturated/α-hetero) is 2. The molecule has 0 rings (SSSR count). The predicted octanol–water partition coefficient (Wildman–Crippen LogP) is 2.73. The zero-order chi connectivity index (χ0) is 17.2. The third kappa shape index (κ3) is 16.0. The van der Waals surface area contributed by atoms with Crippen molar-refractivity contribution in [1.82, 2.24) is 0 Å². The molecule has 0 spiro atoms. The Bertz CT molecular complexity index is 354. The van der Waals surface area contributed by atoms with Gasteiger partial charge in [0.05, 0.1) is 24.2 Å². The zero-order valence-corrected chi connectivity index (χ0v) is 16.0. The molecule has 0 bridgehead atoms. The molecule has 0 fully saturated rings. The first-order valence-corrected chi connectivity index (χ1v) is 7.66. The van der Waals surface area contributed by atoms with E-state index in [0.29, 0.717) is 0 Å². The normalized spacial score (nSPS) is 12.9. The molecule has 0 heterocycles. The van der Waals surface area contributed by atoms with Crippen LogP contribution in [-0.2, 0) is 19.1 Å². The maximum absolute atomic E-state index is 11.3. The van der Waals surface area contributed by atoms with Crippen LogP contribution in [0, 0.1) is 5.92 Å². The second-order valence-corrected chi connectivity index (χ2v) is 6.21. The number of rotatable bonds is 6. The summed E-state index contributed by atoms with van der Waals surface area (Å²) in [5, 5.41) is 0. The van der Waals surface area contributed by atoms with Crippen LogP contribution in [0.5, 0.6) is 0 Å². The Hall–Kier alpha value is -0.360. The Kier molecular flexibility index (Phi) is 15.8. The fourth-order valence-corrected chi connectivity index (χ4v) is 1.51. The third-order valence-corrected chi connectivity index (χ3v) is 2.74. The smallest absolute Gasteiger partial charge is 0.307 e. The first-order valence-electron chi connectivity index (χ1n) is 6.59. The van der Waals surface area contributed by atoms with E-state index >= 15 is 0 Å². The van der Waals surface area contributed by atoms with Crippen LogP contribution in [0.1, 0.15) is 41.0 Å². The number of alkyl halides is 2. The van der Waals surface area contributed by atoms with Gasteiger partial charge in [0.2, 0.25) is 0 Å². The fourth-order valence-electron chi connectivity index (χ4n) is 1.00. The summed E-state index contributed by atoms with van der Waals surface area (Å²) in [4.78, 5) is 32.6. The minimum absolute atomic E-state index is 0. The maximum atomic E-state index is 11.3. The van der Waals surface area contributed by atoms with Crippen LogP contribution >= 0.6 is 35.6 Å². The van der Waals surface area contributed by atoms with Crippen LogP contribution in [0.2, 0.25) is 0 Å². The van der Waals surface area contributed by atoms with E-state index in [-0.39, 0.29) is 54.0 Å². The van der Waals surface area contributed by atoms with Gasteiger partial charge < -0.3 is 10.5 Å². The Balaban J connectivity index is -0.000000385. The van der Waals surface area contributed by atoms with Crippen molar-refractivity contribution in [1.29, 1.82) is 0 Å². The number of ether oxygens (including phenoxy) is 1. The SMILES string of the molecule is C[C@H](CC(=O)OC(C)(C)C)C(=O)CCl.C[C@H](N)C(=O)CCl.Cl. The van der Waals surface area contributed by atoms with Crippen LogP contribution in [0.15, 0.2) is 0 Å². The highest BCUT2D eigenvalue weighted by atomic mass is 35.5. The molecule has 8 heteroatoms. The number of carbonyl (C=O) groups is 3. The van der Waals surface area contributed by atoms with Crippen molar-refractivity contribution >= 4 is 53.1 Å². The van der Waals surface area contributed by atoms with Crippen molar-refractivity contribution in [2.24, 2.45) is 11.7 Å². The Labute approximate surface area is 148 Å². The number of nitrogens with two attached hydrogens (primary N) is 1. The number of hydrogen-bond donors (Lipinski definition) is 1. The topological polar surface area (TPSA) is 86.5 Å². The lowest BCUT2D eigenvalue weighted by Gasteiger charge is -2.20. The second kappa shape index (κ2) is 13.1. The number of carbonyl (C=O) groups excluding carboxylic acids is 3. The van der Waals surface area contributed by atoms with Crippen LogP contribution in [0.25, 0.3) is 0 Å². The van der Waals surface area contributed by atoms with Crippen LogP contribution in [0.3, 0.4) is 0 Å². The molecule has 0 aliphatic rings. The van der Waals surface area contributed by atoms with Gasteiger partial charge in [0, 0.05) is 5.92 Å². The van der Waals surface area contributed by atoms with Crippen molar-refractivity contribution < 1.29 is 19.1 Å². The van der Waals surface area contributed by atoms with Gasteiger partial charge in [-0.25, -0.2) is 0 Å². The van der Waals surface area contributed by atoms with E-state index < -0.39 is 11.6 Å². The molecule has 0 aromatic carbocycles. The summed E-state index contributed by atoms with van der Waals surface area (Å²) in [6.07, 6.45) is 0.100. The van der Waals surface area contributed by atoms with Crippen molar-refractivity contribution in [3.8, 4) is 0 Å². The Morgan fingerprint density at radius 2 is 1.45 bits per heavy atom. The summed E-state index contributed by atoms with van der Waals surface area (Å²) in [5.41, 5.74) is 4.61. The molecule has 0 aliphatic carbocycles. The molecule has 2 atom stereocenters. The van der Waals surface area contributed by atoms with E-state index in [0.717, 1.165) is 0 Å². The van der Waals surface area contributed by atoms with E-state index in [4.69, 9.17) is 33.7 Å². The van der Waals surface area contributed by atoms with Gasteiger partial charge in [-0.15, -0.1) is 35.6 Å². The summed E-state index contributed by atoms with van der Waals surface area (Å²) in [5.74, 6) is -0.980. The number of esters is 1. The second-order valence-electron chi connectivity index (χ2n) is 5.68. The first-order chi connectivity index (χ1) is 9.44. The standard InChI is InChI=1S/C10H17ClO3.C4H8ClNO.ClH/c1-7(8(12)6-11)5-9(13)14-10(2,3)4;1-3(6)4(7)2-5;/h7H,5-6H2,1-4H3;3H,2,6H2,1H3;1H/t7-;3-;/m10./s1. The zero-order valence-electron chi connectivity index (χ0n) is 13.7.